The predicted molar refractivity (Wildman–Crippen MR) is 60.3 cm³/mol. The smallest absolute Gasteiger partial charge is 0.320 e. The van der Waals surface area contributed by atoms with Crippen molar-refractivity contribution in [2.75, 3.05) is 6.61 Å². The second-order valence-electron chi connectivity index (χ2n) is 4.91. The summed E-state index contributed by atoms with van der Waals surface area (Å²) in [6.45, 7) is 2.79. The van der Waals surface area contributed by atoms with E-state index in [1.807, 2.05) is 6.92 Å². The molecule has 0 radical (unpaired) electrons. The van der Waals surface area contributed by atoms with Gasteiger partial charge < -0.3 is 9.84 Å². The molecule has 3 atom stereocenters. The summed E-state index contributed by atoms with van der Waals surface area (Å²) >= 11 is 0. The third kappa shape index (κ3) is 2.74. The molecule has 1 heterocycles. The summed E-state index contributed by atoms with van der Waals surface area (Å²) in [5, 5.41) is 12.4. The minimum Gasteiger partial charge on any atom is -0.480 e. The monoisotopic (exact) mass is 227 g/mol. The number of carboxylic acid groups (broad SMARTS) is 1. The van der Waals surface area contributed by atoms with E-state index in [2.05, 4.69) is 5.32 Å². The molecule has 2 aliphatic rings. The van der Waals surface area contributed by atoms with Crippen molar-refractivity contribution in [3.05, 3.63) is 0 Å². The molecular formula is C12H21NO3. The number of ether oxygens (including phenoxy) is 1. The van der Waals surface area contributed by atoms with E-state index in [0.717, 1.165) is 19.4 Å². The van der Waals surface area contributed by atoms with Crippen LogP contribution >= 0.6 is 0 Å². The Morgan fingerprint density at radius 2 is 2.25 bits per heavy atom. The van der Waals surface area contributed by atoms with Gasteiger partial charge in [-0.2, -0.15) is 0 Å². The van der Waals surface area contributed by atoms with E-state index >= 15 is 0 Å². The lowest BCUT2D eigenvalue weighted by Gasteiger charge is -2.23. The maximum atomic E-state index is 11.1. The number of hydrogen-bond donors (Lipinski definition) is 2. The highest BCUT2D eigenvalue weighted by atomic mass is 16.5. The largest absolute Gasteiger partial charge is 0.480 e. The molecule has 92 valence electrons. The molecule has 2 fully saturated rings. The van der Waals surface area contributed by atoms with Crippen molar-refractivity contribution < 1.29 is 14.6 Å². The van der Waals surface area contributed by atoms with Crippen LogP contribution < -0.4 is 5.32 Å². The van der Waals surface area contributed by atoms with Crippen LogP contribution in [0.4, 0.5) is 0 Å². The predicted octanol–water partition coefficient (Wildman–Crippen LogP) is 1.40. The van der Waals surface area contributed by atoms with Crippen LogP contribution in [0.5, 0.6) is 0 Å². The van der Waals surface area contributed by atoms with Gasteiger partial charge in [0.25, 0.3) is 0 Å². The Balaban J connectivity index is 1.87. The lowest BCUT2D eigenvalue weighted by atomic mass is 10.0. The van der Waals surface area contributed by atoms with E-state index in [1.54, 1.807) is 0 Å². The van der Waals surface area contributed by atoms with Crippen molar-refractivity contribution in [3.8, 4) is 0 Å². The van der Waals surface area contributed by atoms with Gasteiger partial charge in [0.05, 0.1) is 6.10 Å². The lowest BCUT2D eigenvalue weighted by Crippen LogP contribution is -2.47. The molecule has 0 aromatic rings. The van der Waals surface area contributed by atoms with Crippen LogP contribution in [0.1, 0.15) is 39.0 Å². The molecule has 1 saturated heterocycles. The summed E-state index contributed by atoms with van der Waals surface area (Å²) < 4.78 is 5.69. The summed E-state index contributed by atoms with van der Waals surface area (Å²) in [5.41, 5.74) is 0. The molecule has 4 heteroatoms. The summed E-state index contributed by atoms with van der Waals surface area (Å²) in [4.78, 5) is 11.1. The standard InChI is InChI=1S/C12H21NO3/c1-2-3-10(12(14)15)13-9-6-7-16-11(9)8-4-5-8/h8-11,13H,2-7H2,1H3,(H,14,15). The van der Waals surface area contributed by atoms with Gasteiger partial charge in [-0.15, -0.1) is 0 Å². The van der Waals surface area contributed by atoms with Gasteiger partial charge in [-0.1, -0.05) is 13.3 Å². The molecule has 4 nitrogen and oxygen atoms in total. The van der Waals surface area contributed by atoms with Gasteiger partial charge in [-0.25, -0.2) is 0 Å². The quantitative estimate of drug-likeness (QED) is 0.720. The van der Waals surface area contributed by atoms with Crippen molar-refractivity contribution in [1.82, 2.24) is 5.32 Å². The molecule has 16 heavy (non-hydrogen) atoms. The third-order valence-electron chi connectivity index (χ3n) is 3.51. The zero-order valence-electron chi connectivity index (χ0n) is 9.82. The van der Waals surface area contributed by atoms with Gasteiger partial charge in [0.1, 0.15) is 6.04 Å². The van der Waals surface area contributed by atoms with E-state index in [0.29, 0.717) is 12.3 Å². The molecule has 0 spiro atoms. The van der Waals surface area contributed by atoms with Crippen molar-refractivity contribution in [3.63, 3.8) is 0 Å². The Morgan fingerprint density at radius 3 is 2.81 bits per heavy atom. The van der Waals surface area contributed by atoms with Crippen LogP contribution in [0.25, 0.3) is 0 Å². The van der Waals surface area contributed by atoms with Gasteiger partial charge in [-0.3, -0.25) is 10.1 Å². The zero-order valence-corrected chi connectivity index (χ0v) is 9.82. The Kier molecular flexibility index (Phi) is 3.82. The highest BCUT2D eigenvalue weighted by molar-refractivity contribution is 5.73. The van der Waals surface area contributed by atoms with Gasteiger partial charge in [0, 0.05) is 12.6 Å². The molecule has 1 saturated carbocycles. The molecule has 0 aromatic heterocycles. The molecule has 3 unspecified atom stereocenters. The van der Waals surface area contributed by atoms with E-state index in [9.17, 15) is 4.79 Å². The van der Waals surface area contributed by atoms with Gasteiger partial charge in [0.15, 0.2) is 0 Å². The average Bonchev–Trinajstić information content (AvgIpc) is 2.99. The van der Waals surface area contributed by atoms with E-state index in [-0.39, 0.29) is 12.1 Å². The first kappa shape index (κ1) is 11.9. The fourth-order valence-corrected chi connectivity index (χ4v) is 2.50. The van der Waals surface area contributed by atoms with E-state index in [4.69, 9.17) is 9.84 Å². The van der Waals surface area contributed by atoms with Crippen molar-refractivity contribution in [2.45, 2.75) is 57.2 Å². The Bertz CT molecular complexity index is 253. The molecule has 1 aliphatic carbocycles. The third-order valence-corrected chi connectivity index (χ3v) is 3.51. The van der Waals surface area contributed by atoms with E-state index in [1.165, 1.54) is 12.8 Å². The Labute approximate surface area is 96.4 Å². The van der Waals surface area contributed by atoms with Gasteiger partial charge >= 0.3 is 5.97 Å². The number of hydrogen-bond acceptors (Lipinski definition) is 3. The molecule has 0 amide bonds. The maximum absolute atomic E-state index is 11.1. The molecule has 1 aliphatic heterocycles. The van der Waals surface area contributed by atoms with Crippen molar-refractivity contribution in [1.29, 1.82) is 0 Å². The normalized spacial score (nSPS) is 31.6. The van der Waals surface area contributed by atoms with Crippen LogP contribution in [-0.4, -0.2) is 35.9 Å². The number of carboxylic acids is 1. The van der Waals surface area contributed by atoms with Gasteiger partial charge in [-0.05, 0) is 31.6 Å². The van der Waals surface area contributed by atoms with Crippen LogP contribution in [-0.2, 0) is 9.53 Å². The van der Waals surface area contributed by atoms with Crippen molar-refractivity contribution in [2.24, 2.45) is 5.92 Å². The molecule has 2 rings (SSSR count). The minimum absolute atomic E-state index is 0.250. The average molecular weight is 227 g/mol. The number of nitrogens with one attached hydrogen (secondary N) is 1. The molecular weight excluding hydrogens is 206 g/mol. The van der Waals surface area contributed by atoms with Crippen LogP contribution in [0.2, 0.25) is 0 Å². The Hall–Kier alpha value is -0.610. The Morgan fingerprint density at radius 1 is 1.50 bits per heavy atom. The topological polar surface area (TPSA) is 58.6 Å². The second kappa shape index (κ2) is 5.15. The summed E-state index contributed by atoms with van der Waals surface area (Å²) in [6, 6.07) is -0.155. The second-order valence-corrected chi connectivity index (χ2v) is 4.91. The summed E-state index contributed by atoms with van der Waals surface area (Å²) in [7, 11) is 0. The SMILES string of the molecule is CCCC(NC1CCOC1C1CC1)C(=O)O. The highest BCUT2D eigenvalue weighted by Gasteiger charge is 2.41. The summed E-state index contributed by atoms with van der Waals surface area (Å²) in [6.07, 6.45) is 5.30. The maximum Gasteiger partial charge on any atom is 0.320 e. The fourth-order valence-electron chi connectivity index (χ4n) is 2.50. The highest BCUT2D eigenvalue weighted by Crippen LogP contribution is 2.38. The molecule has 0 bridgehead atoms. The number of rotatable bonds is 6. The van der Waals surface area contributed by atoms with Crippen LogP contribution in [0.3, 0.4) is 0 Å². The number of aliphatic carboxylic acids is 1. The first-order valence-electron chi connectivity index (χ1n) is 6.32. The fraction of sp³-hybridized carbons (Fsp3) is 0.917. The first-order chi connectivity index (χ1) is 7.72. The summed E-state index contributed by atoms with van der Waals surface area (Å²) in [5.74, 6) is -0.0561. The minimum atomic E-state index is -0.733. The zero-order chi connectivity index (χ0) is 11.5. The van der Waals surface area contributed by atoms with Gasteiger partial charge in [0.2, 0.25) is 0 Å². The molecule has 0 aromatic carbocycles. The van der Waals surface area contributed by atoms with Crippen molar-refractivity contribution >= 4 is 5.97 Å². The molecule has 2 N–H and O–H groups in total. The first-order valence-corrected chi connectivity index (χ1v) is 6.32. The number of carbonyl (C=O) groups is 1. The van der Waals surface area contributed by atoms with Crippen LogP contribution in [0.15, 0.2) is 0 Å². The lowest BCUT2D eigenvalue weighted by molar-refractivity contribution is -0.140. The van der Waals surface area contributed by atoms with E-state index < -0.39 is 12.0 Å². The van der Waals surface area contributed by atoms with Crippen LogP contribution in [0, 0.1) is 5.92 Å².